The molecule has 0 radical (unpaired) electrons. The van der Waals surface area contributed by atoms with E-state index < -0.39 is 18.0 Å². The molecule has 192 valence electrons. The summed E-state index contributed by atoms with van der Waals surface area (Å²) in [5.74, 6) is -1.12. The Morgan fingerprint density at radius 2 is 1.84 bits per heavy atom. The van der Waals surface area contributed by atoms with Gasteiger partial charge in [0.1, 0.15) is 23.4 Å². The number of nitrogens with one attached hydrogen (secondary N) is 1. The zero-order valence-corrected chi connectivity index (χ0v) is 20.0. The highest BCUT2D eigenvalue weighted by Crippen LogP contribution is 2.34. The fraction of sp³-hybridized carbons (Fsp3) is 0.308. The van der Waals surface area contributed by atoms with E-state index in [0.29, 0.717) is 43.7 Å². The number of anilines is 1. The largest absolute Gasteiger partial charge is 0.497 e. The number of hydrogen-bond acceptors (Lipinski definition) is 7. The van der Waals surface area contributed by atoms with Gasteiger partial charge in [-0.05, 0) is 61.2 Å². The molecule has 1 amide bonds. The van der Waals surface area contributed by atoms with Crippen molar-refractivity contribution in [2.75, 3.05) is 25.1 Å². The Bertz CT molecular complexity index is 1270. The Morgan fingerprint density at radius 1 is 1.14 bits per heavy atom. The lowest BCUT2D eigenvalue weighted by molar-refractivity contribution is -0.145. The zero-order valence-electron chi connectivity index (χ0n) is 20.0. The molecule has 1 unspecified atom stereocenters. The Morgan fingerprint density at radius 3 is 2.49 bits per heavy atom. The molecule has 37 heavy (non-hydrogen) atoms. The summed E-state index contributed by atoms with van der Waals surface area (Å²) in [4.78, 5) is 21.7. The highest BCUT2D eigenvalue weighted by molar-refractivity contribution is 5.85. The summed E-state index contributed by atoms with van der Waals surface area (Å²) in [5, 5.41) is 11.8. The maximum Gasteiger partial charge on any atom is 0.451 e. The molecule has 1 aromatic heterocycles. The molecule has 0 spiro atoms. The zero-order chi connectivity index (χ0) is 26.4. The van der Waals surface area contributed by atoms with Crippen LogP contribution in [-0.4, -0.2) is 42.1 Å². The van der Waals surface area contributed by atoms with E-state index in [1.165, 1.54) is 13.2 Å². The van der Waals surface area contributed by atoms with Crippen LogP contribution in [0.25, 0.3) is 0 Å². The summed E-state index contributed by atoms with van der Waals surface area (Å²) >= 11 is 0. The van der Waals surface area contributed by atoms with Crippen molar-refractivity contribution in [2.24, 2.45) is 0 Å². The predicted molar refractivity (Wildman–Crippen MR) is 128 cm³/mol. The Balaban J connectivity index is 1.49. The number of halogens is 3. The van der Waals surface area contributed by atoms with Crippen molar-refractivity contribution in [2.45, 2.75) is 31.5 Å². The second kappa shape index (κ2) is 11.2. The van der Waals surface area contributed by atoms with Crippen LogP contribution in [0.1, 0.15) is 29.8 Å². The van der Waals surface area contributed by atoms with Gasteiger partial charge in [-0.2, -0.15) is 23.4 Å². The van der Waals surface area contributed by atoms with Gasteiger partial charge in [-0.1, -0.05) is 12.1 Å². The number of carbonyl (C=O) groups excluding carboxylic acids is 1. The van der Waals surface area contributed by atoms with Crippen LogP contribution >= 0.6 is 0 Å². The van der Waals surface area contributed by atoms with E-state index in [1.54, 1.807) is 41.3 Å². The lowest BCUT2D eigenvalue weighted by atomic mass is 10.1. The van der Waals surface area contributed by atoms with Gasteiger partial charge >= 0.3 is 6.18 Å². The number of alkyl halides is 3. The van der Waals surface area contributed by atoms with E-state index in [2.05, 4.69) is 21.4 Å². The predicted octanol–water partition coefficient (Wildman–Crippen LogP) is 4.50. The first-order valence-electron chi connectivity index (χ1n) is 11.6. The van der Waals surface area contributed by atoms with Gasteiger partial charge in [-0.15, -0.1) is 0 Å². The van der Waals surface area contributed by atoms with Gasteiger partial charge in [0, 0.05) is 19.2 Å². The summed E-state index contributed by atoms with van der Waals surface area (Å²) in [5.41, 5.74) is 1.50. The van der Waals surface area contributed by atoms with Crippen molar-refractivity contribution in [3.8, 4) is 23.4 Å². The van der Waals surface area contributed by atoms with Crippen LogP contribution in [0.5, 0.6) is 17.4 Å². The molecule has 0 aliphatic carbocycles. The quantitative estimate of drug-likeness (QED) is 0.475. The fourth-order valence-electron chi connectivity index (χ4n) is 4.01. The second-order valence-corrected chi connectivity index (χ2v) is 8.36. The van der Waals surface area contributed by atoms with Crippen LogP contribution in [0.4, 0.5) is 19.0 Å². The number of amides is 1. The number of nitriles is 1. The van der Waals surface area contributed by atoms with Crippen molar-refractivity contribution < 1.29 is 27.4 Å². The normalized spacial score (nSPS) is 15.2. The minimum Gasteiger partial charge on any atom is -0.497 e. The lowest BCUT2D eigenvalue weighted by Gasteiger charge is -2.25. The van der Waals surface area contributed by atoms with Crippen molar-refractivity contribution in [3.05, 3.63) is 71.5 Å². The van der Waals surface area contributed by atoms with Crippen molar-refractivity contribution >= 4 is 11.7 Å². The molecule has 3 aromatic rings. The maximum absolute atomic E-state index is 13.6. The van der Waals surface area contributed by atoms with E-state index in [0.717, 1.165) is 5.56 Å². The molecule has 2 aromatic carbocycles. The minimum atomic E-state index is -4.80. The molecule has 0 bridgehead atoms. The van der Waals surface area contributed by atoms with Crippen LogP contribution in [-0.2, 0) is 17.4 Å². The lowest BCUT2D eigenvalue weighted by Crippen LogP contribution is -2.44. The van der Waals surface area contributed by atoms with E-state index in [9.17, 15) is 18.0 Å². The summed E-state index contributed by atoms with van der Waals surface area (Å²) in [6.45, 7) is 0.711. The number of aromatic nitrogens is 2. The minimum absolute atomic E-state index is 0.0319. The van der Waals surface area contributed by atoms with E-state index in [4.69, 9.17) is 14.7 Å². The maximum atomic E-state index is 13.6. The van der Waals surface area contributed by atoms with Crippen LogP contribution in [0.2, 0.25) is 0 Å². The molecule has 0 saturated carbocycles. The molecule has 1 saturated heterocycles. The standard InChI is InChI=1S/C26H24F3N5O3/c1-36-19-8-10-20(11-9-19)37-23-15-22(32-25(33-23)26(27,28)29)34-14-2-3-21(34)24(35)31-13-12-17-4-6-18(16-30)7-5-17/h4-11,15,21H,2-3,12-14H2,1H3,(H,31,35). The Hall–Kier alpha value is -4.33. The monoisotopic (exact) mass is 511 g/mol. The molecule has 1 N–H and O–H groups in total. The van der Waals surface area contributed by atoms with Gasteiger partial charge in [0.25, 0.3) is 0 Å². The molecule has 1 fully saturated rings. The summed E-state index contributed by atoms with van der Waals surface area (Å²) in [6.07, 6.45) is -3.15. The van der Waals surface area contributed by atoms with Crippen molar-refractivity contribution in [1.82, 2.24) is 15.3 Å². The molecule has 11 heteroatoms. The van der Waals surface area contributed by atoms with E-state index in [1.807, 2.05) is 12.1 Å². The SMILES string of the molecule is COc1ccc(Oc2cc(N3CCCC3C(=O)NCCc3ccc(C#N)cc3)nc(C(F)(F)F)n2)cc1. The second-order valence-electron chi connectivity index (χ2n) is 8.36. The van der Waals surface area contributed by atoms with Crippen molar-refractivity contribution in [1.29, 1.82) is 5.26 Å². The number of methoxy groups -OCH3 is 1. The van der Waals surface area contributed by atoms with Gasteiger partial charge in [-0.25, -0.2) is 4.98 Å². The Kier molecular flexibility index (Phi) is 7.77. The molecule has 1 atom stereocenters. The van der Waals surface area contributed by atoms with Gasteiger partial charge in [-0.3, -0.25) is 4.79 Å². The first-order chi connectivity index (χ1) is 17.8. The number of nitrogens with zero attached hydrogens (tertiary/aromatic N) is 4. The summed E-state index contributed by atoms with van der Waals surface area (Å²) in [7, 11) is 1.50. The summed E-state index contributed by atoms with van der Waals surface area (Å²) in [6, 6.07) is 16.0. The molecule has 2 heterocycles. The number of benzene rings is 2. The third-order valence-corrected chi connectivity index (χ3v) is 5.87. The van der Waals surface area contributed by atoms with Crippen molar-refractivity contribution in [3.63, 3.8) is 0 Å². The van der Waals surface area contributed by atoms with Gasteiger partial charge in [0.2, 0.25) is 17.6 Å². The fourth-order valence-corrected chi connectivity index (χ4v) is 4.01. The molecule has 1 aliphatic heterocycles. The topological polar surface area (TPSA) is 100 Å². The molecule has 1 aliphatic rings. The van der Waals surface area contributed by atoms with Gasteiger partial charge in [0.15, 0.2) is 0 Å². The number of ether oxygens (including phenoxy) is 2. The highest BCUT2D eigenvalue weighted by atomic mass is 19.4. The Labute approximate surface area is 211 Å². The molecule has 8 nitrogen and oxygen atoms in total. The molecular weight excluding hydrogens is 487 g/mol. The number of hydrogen-bond donors (Lipinski definition) is 1. The van der Waals surface area contributed by atoms with E-state index >= 15 is 0 Å². The first-order valence-corrected chi connectivity index (χ1v) is 11.6. The molecule has 4 rings (SSSR count). The average Bonchev–Trinajstić information content (AvgIpc) is 3.39. The van der Waals surface area contributed by atoms with Crippen LogP contribution in [0.3, 0.4) is 0 Å². The van der Waals surface area contributed by atoms with Gasteiger partial charge in [0.05, 0.1) is 18.7 Å². The smallest absolute Gasteiger partial charge is 0.451 e. The number of carbonyl (C=O) groups is 1. The first kappa shape index (κ1) is 25.8. The third kappa shape index (κ3) is 6.46. The number of rotatable bonds is 8. The third-order valence-electron chi connectivity index (χ3n) is 5.87. The molecular formula is C26H24F3N5O3. The average molecular weight is 512 g/mol. The van der Waals surface area contributed by atoms with Gasteiger partial charge < -0.3 is 19.7 Å². The van der Waals surface area contributed by atoms with Crippen LogP contribution in [0.15, 0.2) is 54.6 Å². The highest BCUT2D eigenvalue weighted by Gasteiger charge is 2.38. The van der Waals surface area contributed by atoms with Crippen LogP contribution < -0.4 is 19.7 Å². The van der Waals surface area contributed by atoms with E-state index in [-0.39, 0.29) is 23.4 Å². The summed E-state index contributed by atoms with van der Waals surface area (Å²) < 4.78 is 51.4. The van der Waals surface area contributed by atoms with Crippen LogP contribution in [0, 0.1) is 11.3 Å².